The van der Waals surface area contributed by atoms with Gasteiger partial charge in [-0.2, -0.15) is 5.10 Å². The van der Waals surface area contributed by atoms with Crippen LogP contribution in [0.2, 0.25) is 0 Å². The fourth-order valence-electron chi connectivity index (χ4n) is 3.39. The highest BCUT2D eigenvalue weighted by atomic mass is 16.2. The minimum Gasteiger partial charge on any atom is -0.342 e. The molecule has 0 bridgehead atoms. The summed E-state index contributed by atoms with van der Waals surface area (Å²) in [6, 6.07) is 7.71. The number of aromatic nitrogens is 4. The number of carbonyl (C=O) groups excluding carboxylic acids is 1. The van der Waals surface area contributed by atoms with Crippen molar-refractivity contribution in [2.24, 2.45) is 0 Å². The molecule has 3 heterocycles. The Balaban J connectivity index is 1.67. The summed E-state index contributed by atoms with van der Waals surface area (Å²) in [5.41, 5.74) is 3.51. The number of likely N-dealkylation sites (tertiary alicyclic amines) is 1. The Kier molecular flexibility index (Phi) is 3.37. The molecule has 1 aliphatic heterocycles. The lowest BCUT2D eigenvalue weighted by Crippen LogP contribution is -2.38. The molecule has 0 spiro atoms. The van der Waals surface area contributed by atoms with Gasteiger partial charge >= 0.3 is 0 Å². The number of carbonyl (C=O) groups is 1. The molecular weight excluding hydrogens is 290 g/mol. The fraction of sp³-hybridized carbons (Fsp3) is 0.353. The van der Waals surface area contributed by atoms with Crippen LogP contribution in [0.1, 0.15) is 47.2 Å². The second-order valence-electron chi connectivity index (χ2n) is 6.08. The van der Waals surface area contributed by atoms with Crippen LogP contribution in [-0.4, -0.2) is 37.5 Å². The molecule has 0 aliphatic carbocycles. The average molecular weight is 309 g/mol. The summed E-state index contributed by atoms with van der Waals surface area (Å²) >= 11 is 0. The van der Waals surface area contributed by atoms with Gasteiger partial charge < -0.3 is 9.88 Å². The molecule has 1 unspecified atom stereocenters. The molecular formula is C17H19N5O. The third-order valence-corrected chi connectivity index (χ3v) is 4.49. The first-order chi connectivity index (χ1) is 11.2. The van der Waals surface area contributed by atoms with Gasteiger partial charge in [0.2, 0.25) is 0 Å². The number of piperidine rings is 1. The second-order valence-corrected chi connectivity index (χ2v) is 6.08. The van der Waals surface area contributed by atoms with E-state index in [9.17, 15) is 4.79 Å². The van der Waals surface area contributed by atoms with Crippen LogP contribution >= 0.6 is 0 Å². The number of nitrogens with one attached hydrogen (secondary N) is 2. The largest absolute Gasteiger partial charge is 0.342 e. The lowest BCUT2D eigenvalue weighted by molar-refractivity contribution is 0.0606. The molecule has 6 nitrogen and oxygen atoms in total. The van der Waals surface area contributed by atoms with Gasteiger partial charge in [0.15, 0.2) is 0 Å². The Morgan fingerprint density at radius 3 is 3.04 bits per heavy atom. The number of hydrogen-bond acceptors (Lipinski definition) is 3. The third-order valence-electron chi connectivity index (χ3n) is 4.49. The standard InChI is InChI=1S/C17H19N5O/c1-11-19-13-6-5-12(10-15(13)20-11)17(23)22-9-3-2-4-16(22)14-7-8-18-21-14/h5-8,10,16H,2-4,9H2,1H3,(H,18,21)(H,19,20). The second kappa shape index (κ2) is 5.53. The van der Waals surface area contributed by atoms with Gasteiger partial charge in [0.1, 0.15) is 5.82 Å². The average Bonchev–Trinajstić information content (AvgIpc) is 3.21. The first kappa shape index (κ1) is 14.0. The highest BCUT2D eigenvalue weighted by molar-refractivity contribution is 5.97. The molecule has 1 aliphatic rings. The number of benzene rings is 1. The van der Waals surface area contributed by atoms with Crippen LogP contribution in [0.4, 0.5) is 0 Å². The lowest BCUT2D eigenvalue weighted by Gasteiger charge is -2.35. The van der Waals surface area contributed by atoms with E-state index in [1.54, 1.807) is 6.20 Å². The Labute approximate surface area is 133 Å². The molecule has 1 atom stereocenters. The summed E-state index contributed by atoms with van der Waals surface area (Å²) in [7, 11) is 0. The van der Waals surface area contributed by atoms with E-state index in [0.717, 1.165) is 48.4 Å². The number of H-pyrrole nitrogens is 2. The van der Waals surface area contributed by atoms with E-state index in [1.165, 1.54) is 0 Å². The van der Waals surface area contributed by atoms with Crippen LogP contribution in [0.25, 0.3) is 11.0 Å². The van der Waals surface area contributed by atoms with Gasteiger partial charge in [0.05, 0.1) is 22.8 Å². The smallest absolute Gasteiger partial charge is 0.254 e. The third kappa shape index (κ3) is 2.50. The molecule has 1 saturated heterocycles. The maximum absolute atomic E-state index is 13.0. The normalized spacial score (nSPS) is 18.5. The minimum atomic E-state index is 0.0680. The van der Waals surface area contributed by atoms with Crippen molar-refractivity contribution in [3.8, 4) is 0 Å². The number of rotatable bonds is 2. The Bertz CT molecular complexity index is 836. The fourth-order valence-corrected chi connectivity index (χ4v) is 3.39. The van der Waals surface area contributed by atoms with E-state index in [-0.39, 0.29) is 11.9 Å². The summed E-state index contributed by atoms with van der Waals surface area (Å²) in [4.78, 5) is 22.6. The van der Waals surface area contributed by atoms with Crippen LogP contribution in [-0.2, 0) is 0 Å². The first-order valence-corrected chi connectivity index (χ1v) is 7.99. The number of imidazole rings is 1. The van der Waals surface area contributed by atoms with Gasteiger partial charge in [0, 0.05) is 18.3 Å². The van der Waals surface area contributed by atoms with Crippen LogP contribution in [0.5, 0.6) is 0 Å². The van der Waals surface area contributed by atoms with E-state index >= 15 is 0 Å². The van der Waals surface area contributed by atoms with Crippen LogP contribution in [0, 0.1) is 6.92 Å². The molecule has 118 valence electrons. The molecule has 6 heteroatoms. The van der Waals surface area contributed by atoms with Crippen LogP contribution in [0.3, 0.4) is 0 Å². The van der Waals surface area contributed by atoms with Gasteiger partial charge in [-0.05, 0) is 50.5 Å². The highest BCUT2D eigenvalue weighted by Crippen LogP contribution is 2.31. The molecule has 3 aromatic rings. The zero-order valence-electron chi connectivity index (χ0n) is 13.0. The van der Waals surface area contributed by atoms with Crippen molar-refractivity contribution in [3.63, 3.8) is 0 Å². The monoisotopic (exact) mass is 309 g/mol. The predicted molar refractivity (Wildman–Crippen MR) is 87.0 cm³/mol. The number of aryl methyl sites for hydroxylation is 1. The number of amides is 1. The molecule has 23 heavy (non-hydrogen) atoms. The Hall–Kier alpha value is -2.63. The van der Waals surface area contributed by atoms with E-state index in [4.69, 9.17) is 0 Å². The van der Waals surface area contributed by atoms with Crippen LogP contribution in [0.15, 0.2) is 30.5 Å². The molecule has 2 aromatic heterocycles. The summed E-state index contributed by atoms with van der Waals surface area (Å²) in [6.45, 7) is 2.70. The topological polar surface area (TPSA) is 77.7 Å². The predicted octanol–water partition coefficient (Wildman–Crippen LogP) is 2.96. The summed E-state index contributed by atoms with van der Waals surface area (Å²) in [5.74, 6) is 0.927. The Morgan fingerprint density at radius 2 is 2.22 bits per heavy atom. The van der Waals surface area contributed by atoms with E-state index in [1.807, 2.05) is 36.1 Å². The molecule has 2 N–H and O–H groups in total. The van der Waals surface area contributed by atoms with Crippen molar-refractivity contribution < 1.29 is 4.79 Å². The Morgan fingerprint density at radius 1 is 1.30 bits per heavy atom. The van der Waals surface area contributed by atoms with Gasteiger partial charge in [-0.25, -0.2) is 4.98 Å². The zero-order valence-corrected chi connectivity index (χ0v) is 13.0. The van der Waals surface area contributed by atoms with E-state index in [0.29, 0.717) is 5.56 Å². The van der Waals surface area contributed by atoms with Crippen molar-refractivity contribution in [2.45, 2.75) is 32.2 Å². The minimum absolute atomic E-state index is 0.0680. The summed E-state index contributed by atoms with van der Waals surface area (Å²) in [6.07, 6.45) is 4.89. The van der Waals surface area contributed by atoms with Crippen LogP contribution < -0.4 is 0 Å². The quantitative estimate of drug-likeness (QED) is 0.764. The van der Waals surface area contributed by atoms with Crippen molar-refractivity contribution in [2.75, 3.05) is 6.54 Å². The first-order valence-electron chi connectivity index (χ1n) is 7.99. The highest BCUT2D eigenvalue weighted by Gasteiger charge is 2.29. The molecule has 4 rings (SSSR count). The van der Waals surface area contributed by atoms with Crippen molar-refractivity contribution in [1.82, 2.24) is 25.1 Å². The van der Waals surface area contributed by atoms with E-state index < -0.39 is 0 Å². The van der Waals surface area contributed by atoms with Crippen molar-refractivity contribution in [1.29, 1.82) is 0 Å². The summed E-state index contributed by atoms with van der Waals surface area (Å²) < 4.78 is 0. The van der Waals surface area contributed by atoms with Gasteiger partial charge in [-0.15, -0.1) is 0 Å². The van der Waals surface area contributed by atoms with Gasteiger partial charge in [0.25, 0.3) is 5.91 Å². The van der Waals surface area contributed by atoms with Crippen molar-refractivity contribution in [3.05, 3.63) is 47.5 Å². The molecule has 1 aromatic carbocycles. The summed E-state index contributed by atoms with van der Waals surface area (Å²) in [5, 5.41) is 7.05. The van der Waals surface area contributed by atoms with E-state index in [2.05, 4.69) is 20.2 Å². The SMILES string of the molecule is Cc1nc2ccc(C(=O)N3CCCCC3c3ccn[nH]3)cc2[nH]1. The van der Waals surface area contributed by atoms with Crippen molar-refractivity contribution >= 4 is 16.9 Å². The number of aromatic amines is 2. The zero-order chi connectivity index (χ0) is 15.8. The molecule has 0 saturated carbocycles. The number of nitrogens with zero attached hydrogens (tertiary/aromatic N) is 3. The molecule has 1 amide bonds. The maximum Gasteiger partial charge on any atom is 0.254 e. The number of fused-ring (bicyclic) bond motifs is 1. The maximum atomic E-state index is 13.0. The molecule has 0 radical (unpaired) electrons. The van der Waals surface area contributed by atoms with Gasteiger partial charge in [-0.3, -0.25) is 9.89 Å². The number of hydrogen-bond donors (Lipinski definition) is 2. The molecule has 1 fully saturated rings. The van der Waals surface area contributed by atoms with Gasteiger partial charge in [-0.1, -0.05) is 0 Å². The lowest BCUT2D eigenvalue weighted by atomic mass is 9.98.